The van der Waals surface area contributed by atoms with Gasteiger partial charge in [0.1, 0.15) is 17.3 Å². The number of aromatic nitrogens is 2. The van der Waals surface area contributed by atoms with Crippen molar-refractivity contribution in [2.75, 3.05) is 36.4 Å². The van der Waals surface area contributed by atoms with Crippen LogP contribution in [0.5, 0.6) is 11.5 Å². The standard InChI is InChI=1S/C26H31N5O/c1-2-7-16-31(15-6-1)25-13-14-27-26(29-25)28-22-19-30(20-22)18-21-9-8-12-24(17-21)32-23-10-4-3-5-11-23/h3-5,8-14,17,22H,1-2,6-7,15-16,18-20H2,(H,27,28,29). The maximum absolute atomic E-state index is 5.97. The molecule has 0 saturated carbocycles. The highest BCUT2D eigenvalue weighted by Gasteiger charge is 2.27. The van der Waals surface area contributed by atoms with Gasteiger partial charge in [0.2, 0.25) is 5.95 Å². The summed E-state index contributed by atoms with van der Waals surface area (Å²) < 4.78 is 5.97. The van der Waals surface area contributed by atoms with Crippen LogP contribution in [0.1, 0.15) is 31.2 Å². The Morgan fingerprint density at radius 2 is 1.66 bits per heavy atom. The van der Waals surface area contributed by atoms with E-state index in [4.69, 9.17) is 9.72 Å². The lowest BCUT2D eigenvalue weighted by atomic mass is 10.1. The Labute approximate surface area is 190 Å². The SMILES string of the molecule is c1ccc(Oc2cccc(CN3CC(Nc4nccc(N5CCCCCC5)n4)C3)c2)cc1. The molecule has 6 nitrogen and oxygen atoms in total. The van der Waals surface area contributed by atoms with Crippen molar-refractivity contribution in [1.82, 2.24) is 14.9 Å². The van der Waals surface area contributed by atoms with Gasteiger partial charge in [-0.05, 0) is 48.7 Å². The first-order valence-corrected chi connectivity index (χ1v) is 11.7. The molecule has 0 unspecified atom stereocenters. The van der Waals surface area contributed by atoms with Crippen LogP contribution in [0.4, 0.5) is 11.8 Å². The number of anilines is 2. The minimum atomic E-state index is 0.387. The van der Waals surface area contributed by atoms with Crippen LogP contribution in [0.25, 0.3) is 0 Å². The number of nitrogens with one attached hydrogen (secondary N) is 1. The molecule has 0 aliphatic carbocycles. The molecule has 0 atom stereocenters. The monoisotopic (exact) mass is 429 g/mol. The highest BCUT2D eigenvalue weighted by Crippen LogP contribution is 2.24. The van der Waals surface area contributed by atoms with E-state index in [2.05, 4.69) is 38.3 Å². The zero-order valence-electron chi connectivity index (χ0n) is 18.5. The van der Waals surface area contributed by atoms with E-state index in [1.54, 1.807) is 0 Å². The van der Waals surface area contributed by atoms with Crippen LogP contribution in [0.3, 0.4) is 0 Å². The lowest BCUT2D eigenvalue weighted by Crippen LogP contribution is -2.54. The topological polar surface area (TPSA) is 53.5 Å². The first kappa shape index (κ1) is 20.8. The summed E-state index contributed by atoms with van der Waals surface area (Å²) in [6.45, 7) is 5.09. The highest BCUT2D eigenvalue weighted by atomic mass is 16.5. The summed E-state index contributed by atoms with van der Waals surface area (Å²) in [6.07, 6.45) is 7.03. The van der Waals surface area contributed by atoms with Crippen molar-refractivity contribution in [3.05, 3.63) is 72.4 Å². The molecule has 6 heteroatoms. The lowest BCUT2D eigenvalue weighted by Gasteiger charge is -2.39. The minimum Gasteiger partial charge on any atom is -0.457 e. The molecule has 1 aromatic heterocycles. The van der Waals surface area contributed by atoms with Crippen molar-refractivity contribution in [3.8, 4) is 11.5 Å². The van der Waals surface area contributed by atoms with Crippen molar-refractivity contribution in [2.45, 2.75) is 38.3 Å². The fraction of sp³-hybridized carbons (Fsp3) is 0.385. The molecule has 3 heterocycles. The Balaban J connectivity index is 1.12. The molecule has 0 bridgehead atoms. The molecular formula is C26H31N5O. The fourth-order valence-electron chi connectivity index (χ4n) is 4.46. The number of nitrogens with zero attached hydrogens (tertiary/aromatic N) is 4. The van der Waals surface area contributed by atoms with Gasteiger partial charge in [0, 0.05) is 38.9 Å². The summed E-state index contributed by atoms with van der Waals surface area (Å²) in [5.41, 5.74) is 1.26. The molecule has 1 N–H and O–H groups in total. The first-order valence-electron chi connectivity index (χ1n) is 11.7. The second kappa shape index (κ2) is 10.0. The molecule has 32 heavy (non-hydrogen) atoms. The van der Waals surface area contributed by atoms with E-state index >= 15 is 0 Å². The molecule has 2 saturated heterocycles. The van der Waals surface area contributed by atoms with Gasteiger partial charge in [0.25, 0.3) is 0 Å². The van der Waals surface area contributed by atoms with Crippen molar-refractivity contribution in [2.24, 2.45) is 0 Å². The molecule has 2 aliphatic heterocycles. The molecule has 5 rings (SSSR count). The van der Waals surface area contributed by atoms with Gasteiger partial charge in [0.15, 0.2) is 0 Å². The van der Waals surface area contributed by atoms with Crippen LogP contribution in [-0.4, -0.2) is 47.1 Å². The zero-order valence-corrected chi connectivity index (χ0v) is 18.5. The Kier molecular flexibility index (Phi) is 6.49. The average Bonchev–Trinajstić information content (AvgIpc) is 3.09. The molecule has 2 fully saturated rings. The van der Waals surface area contributed by atoms with Crippen molar-refractivity contribution in [1.29, 1.82) is 0 Å². The van der Waals surface area contributed by atoms with E-state index in [0.717, 1.165) is 56.0 Å². The molecule has 166 valence electrons. The summed E-state index contributed by atoms with van der Waals surface area (Å²) in [5, 5.41) is 3.52. The van der Waals surface area contributed by atoms with Crippen molar-refractivity contribution in [3.63, 3.8) is 0 Å². The van der Waals surface area contributed by atoms with Gasteiger partial charge >= 0.3 is 0 Å². The van der Waals surface area contributed by atoms with Gasteiger partial charge in [-0.15, -0.1) is 0 Å². The number of hydrogen-bond acceptors (Lipinski definition) is 6. The predicted octanol–water partition coefficient (Wildman–Crippen LogP) is 4.95. The van der Waals surface area contributed by atoms with Crippen LogP contribution in [0.15, 0.2) is 66.9 Å². The van der Waals surface area contributed by atoms with Crippen LogP contribution >= 0.6 is 0 Å². The number of rotatable bonds is 7. The second-order valence-electron chi connectivity index (χ2n) is 8.74. The number of benzene rings is 2. The lowest BCUT2D eigenvalue weighted by molar-refractivity contribution is 0.152. The summed E-state index contributed by atoms with van der Waals surface area (Å²) >= 11 is 0. The molecule has 0 amide bonds. The third kappa shape index (κ3) is 5.37. The predicted molar refractivity (Wildman–Crippen MR) is 128 cm³/mol. The van der Waals surface area contributed by atoms with Gasteiger partial charge < -0.3 is 15.0 Å². The van der Waals surface area contributed by atoms with Crippen LogP contribution in [0.2, 0.25) is 0 Å². The quantitative estimate of drug-likeness (QED) is 0.574. The minimum absolute atomic E-state index is 0.387. The number of likely N-dealkylation sites (tertiary alicyclic amines) is 1. The molecule has 0 radical (unpaired) electrons. The van der Waals surface area contributed by atoms with E-state index in [0.29, 0.717) is 6.04 Å². The van der Waals surface area contributed by atoms with Crippen molar-refractivity contribution < 1.29 is 4.74 Å². The Bertz CT molecular complexity index is 998. The number of para-hydroxylation sites is 1. The van der Waals surface area contributed by atoms with Crippen LogP contribution < -0.4 is 15.0 Å². The van der Waals surface area contributed by atoms with Gasteiger partial charge in [-0.1, -0.05) is 43.2 Å². The number of hydrogen-bond donors (Lipinski definition) is 1. The fourth-order valence-corrected chi connectivity index (χ4v) is 4.46. The third-order valence-electron chi connectivity index (χ3n) is 6.14. The molecular weight excluding hydrogens is 398 g/mol. The van der Waals surface area contributed by atoms with E-state index in [9.17, 15) is 0 Å². The van der Waals surface area contributed by atoms with Crippen LogP contribution in [0, 0.1) is 0 Å². The van der Waals surface area contributed by atoms with E-state index < -0.39 is 0 Å². The highest BCUT2D eigenvalue weighted by molar-refractivity contribution is 5.43. The zero-order chi connectivity index (χ0) is 21.6. The second-order valence-corrected chi connectivity index (χ2v) is 8.74. The maximum atomic E-state index is 5.97. The van der Waals surface area contributed by atoms with E-state index in [1.807, 2.05) is 48.7 Å². The smallest absolute Gasteiger partial charge is 0.224 e. The maximum Gasteiger partial charge on any atom is 0.224 e. The largest absolute Gasteiger partial charge is 0.457 e. The normalized spacial score (nSPS) is 17.4. The molecule has 2 aliphatic rings. The summed E-state index contributed by atoms with van der Waals surface area (Å²) in [5.74, 6) is 3.54. The molecule has 0 spiro atoms. The summed E-state index contributed by atoms with van der Waals surface area (Å²) in [4.78, 5) is 14.1. The summed E-state index contributed by atoms with van der Waals surface area (Å²) in [7, 11) is 0. The molecule has 3 aromatic rings. The van der Waals surface area contributed by atoms with Gasteiger partial charge in [0.05, 0.1) is 6.04 Å². The average molecular weight is 430 g/mol. The number of ether oxygens (including phenoxy) is 1. The van der Waals surface area contributed by atoms with Gasteiger partial charge in [-0.3, -0.25) is 4.90 Å². The Morgan fingerprint density at radius 1 is 0.875 bits per heavy atom. The Morgan fingerprint density at radius 3 is 2.47 bits per heavy atom. The Hall–Kier alpha value is -3.12. The summed E-state index contributed by atoms with van der Waals surface area (Å²) in [6, 6.07) is 20.7. The van der Waals surface area contributed by atoms with Crippen LogP contribution in [-0.2, 0) is 6.54 Å². The van der Waals surface area contributed by atoms with E-state index in [1.165, 1.54) is 31.2 Å². The van der Waals surface area contributed by atoms with Gasteiger partial charge in [-0.2, -0.15) is 4.98 Å². The van der Waals surface area contributed by atoms with Crippen molar-refractivity contribution >= 4 is 11.8 Å². The first-order chi connectivity index (χ1) is 15.8. The van der Waals surface area contributed by atoms with Gasteiger partial charge in [-0.25, -0.2) is 4.98 Å². The molecule has 2 aromatic carbocycles. The van der Waals surface area contributed by atoms with E-state index in [-0.39, 0.29) is 0 Å². The third-order valence-corrected chi connectivity index (χ3v) is 6.14.